The number of allylic oxidation sites excluding steroid dienone is 1. The molecule has 2 heterocycles. The van der Waals surface area contributed by atoms with Crippen molar-refractivity contribution < 1.29 is 0 Å². The molecule has 0 fully saturated rings. The van der Waals surface area contributed by atoms with Crippen molar-refractivity contribution in [3.05, 3.63) is 48.2 Å². The SMILES string of the molecule is C=C(C)c1nsc(/N=N\c2sc(N(CC)CC)nc2-c2ccccc2)c1C#N. The zero-order chi connectivity index (χ0) is 20.1. The Balaban J connectivity index is 2.05. The van der Waals surface area contributed by atoms with Crippen molar-refractivity contribution in [1.29, 1.82) is 5.26 Å². The highest BCUT2D eigenvalue weighted by atomic mass is 32.1. The van der Waals surface area contributed by atoms with E-state index < -0.39 is 0 Å². The van der Waals surface area contributed by atoms with E-state index in [0.29, 0.717) is 21.3 Å². The quantitative estimate of drug-likeness (QED) is 0.422. The van der Waals surface area contributed by atoms with Crippen LogP contribution in [0.25, 0.3) is 16.8 Å². The minimum Gasteiger partial charge on any atom is -0.349 e. The molecular formula is C20H20N6S2. The van der Waals surface area contributed by atoms with E-state index in [1.165, 1.54) is 11.3 Å². The van der Waals surface area contributed by atoms with Gasteiger partial charge in [-0.3, -0.25) is 0 Å². The van der Waals surface area contributed by atoms with Gasteiger partial charge in [0.05, 0.1) is 5.69 Å². The number of rotatable bonds is 7. The number of nitrogens with zero attached hydrogens (tertiary/aromatic N) is 6. The smallest absolute Gasteiger partial charge is 0.188 e. The summed E-state index contributed by atoms with van der Waals surface area (Å²) in [4.78, 5) is 6.99. The highest BCUT2D eigenvalue weighted by Gasteiger charge is 2.18. The Hall–Kier alpha value is -2.89. The lowest BCUT2D eigenvalue weighted by Gasteiger charge is -2.16. The Morgan fingerprint density at radius 2 is 1.86 bits per heavy atom. The van der Waals surface area contributed by atoms with Crippen molar-refractivity contribution >= 4 is 43.6 Å². The van der Waals surface area contributed by atoms with Crippen LogP contribution < -0.4 is 4.90 Å². The standard InChI is InChI=1S/C20H20N6S2/c1-5-26(6-2)20-22-17(14-10-8-7-9-11-14)19(27-20)24-23-18-15(12-21)16(13(3)4)25-28-18/h7-11H,3,5-6H2,1-2,4H3/b24-23-. The molecule has 1 aromatic carbocycles. The monoisotopic (exact) mass is 408 g/mol. The molecule has 0 atom stereocenters. The Morgan fingerprint density at radius 3 is 2.46 bits per heavy atom. The van der Waals surface area contributed by atoms with Crippen LogP contribution in [0.4, 0.5) is 15.1 Å². The highest BCUT2D eigenvalue weighted by molar-refractivity contribution is 7.19. The van der Waals surface area contributed by atoms with Crippen LogP contribution in [-0.2, 0) is 0 Å². The average molecular weight is 409 g/mol. The van der Waals surface area contributed by atoms with Gasteiger partial charge >= 0.3 is 0 Å². The van der Waals surface area contributed by atoms with Gasteiger partial charge in [-0.1, -0.05) is 48.2 Å². The van der Waals surface area contributed by atoms with Gasteiger partial charge in [0.25, 0.3) is 0 Å². The van der Waals surface area contributed by atoms with Gasteiger partial charge in [-0.15, -0.1) is 10.2 Å². The zero-order valence-corrected chi connectivity index (χ0v) is 17.6. The fourth-order valence-corrected chi connectivity index (χ4v) is 4.39. The van der Waals surface area contributed by atoms with E-state index in [1.54, 1.807) is 0 Å². The molecule has 28 heavy (non-hydrogen) atoms. The molecular weight excluding hydrogens is 388 g/mol. The second-order valence-corrected chi connectivity index (χ2v) is 7.70. The Kier molecular flexibility index (Phi) is 6.29. The van der Waals surface area contributed by atoms with Crippen LogP contribution >= 0.6 is 22.9 Å². The van der Waals surface area contributed by atoms with Crippen molar-refractivity contribution in [3.63, 3.8) is 0 Å². The van der Waals surface area contributed by atoms with E-state index in [9.17, 15) is 5.26 Å². The summed E-state index contributed by atoms with van der Waals surface area (Å²) in [5.41, 5.74) is 3.51. The van der Waals surface area contributed by atoms with E-state index >= 15 is 0 Å². The Bertz CT molecular complexity index is 1040. The normalized spacial score (nSPS) is 10.9. The molecule has 8 heteroatoms. The molecule has 0 saturated heterocycles. The van der Waals surface area contributed by atoms with Crippen LogP contribution in [0.3, 0.4) is 0 Å². The fraction of sp³-hybridized carbons (Fsp3) is 0.250. The largest absolute Gasteiger partial charge is 0.349 e. The number of hydrogen-bond donors (Lipinski definition) is 0. The van der Waals surface area contributed by atoms with Crippen LogP contribution in [0, 0.1) is 11.3 Å². The first-order valence-electron chi connectivity index (χ1n) is 8.87. The number of aromatic nitrogens is 2. The first kappa shape index (κ1) is 19.9. The zero-order valence-electron chi connectivity index (χ0n) is 16.0. The van der Waals surface area contributed by atoms with Crippen LogP contribution in [0.5, 0.6) is 0 Å². The van der Waals surface area contributed by atoms with E-state index in [1.807, 2.05) is 37.3 Å². The fourth-order valence-electron chi connectivity index (χ4n) is 2.61. The van der Waals surface area contributed by atoms with Gasteiger partial charge in [-0.05, 0) is 37.9 Å². The molecule has 6 nitrogen and oxygen atoms in total. The lowest BCUT2D eigenvalue weighted by molar-refractivity contribution is 0.860. The number of hydrogen-bond acceptors (Lipinski definition) is 8. The molecule has 142 valence electrons. The minimum atomic E-state index is 0.413. The summed E-state index contributed by atoms with van der Waals surface area (Å²) in [5.74, 6) is 0. The van der Waals surface area contributed by atoms with Gasteiger partial charge in [0.15, 0.2) is 15.1 Å². The molecule has 0 unspecified atom stereocenters. The molecule has 0 aliphatic rings. The predicted molar refractivity (Wildman–Crippen MR) is 117 cm³/mol. The summed E-state index contributed by atoms with van der Waals surface area (Å²) < 4.78 is 4.28. The molecule has 3 rings (SSSR count). The second-order valence-electron chi connectivity index (χ2n) is 5.99. The summed E-state index contributed by atoms with van der Waals surface area (Å²) in [5, 5.41) is 20.3. The van der Waals surface area contributed by atoms with E-state index in [0.717, 1.165) is 46.6 Å². The van der Waals surface area contributed by atoms with Gasteiger partial charge < -0.3 is 4.90 Å². The van der Waals surface area contributed by atoms with Crippen LogP contribution in [-0.4, -0.2) is 22.4 Å². The van der Waals surface area contributed by atoms with E-state index in [-0.39, 0.29) is 0 Å². The molecule has 0 aliphatic heterocycles. The van der Waals surface area contributed by atoms with Gasteiger partial charge in [0.2, 0.25) is 0 Å². The number of anilines is 1. The molecule has 0 radical (unpaired) electrons. The summed E-state index contributed by atoms with van der Waals surface area (Å²) in [6.07, 6.45) is 0. The predicted octanol–water partition coefficient (Wildman–Crippen LogP) is 6.43. The van der Waals surface area contributed by atoms with E-state index in [2.05, 4.69) is 46.0 Å². The maximum absolute atomic E-state index is 9.47. The van der Waals surface area contributed by atoms with Crippen molar-refractivity contribution in [2.45, 2.75) is 20.8 Å². The Labute approximate surface area is 172 Å². The molecule has 0 bridgehead atoms. The van der Waals surface area contributed by atoms with Crippen LogP contribution in [0.2, 0.25) is 0 Å². The molecule has 3 aromatic rings. The van der Waals surface area contributed by atoms with Gasteiger partial charge in [0.1, 0.15) is 17.3 Å². The summed E-state index contributed by atoms with van der Waals surface area (Å²) >= 11 is 2.65. The number of thiazole rings is 1. The van der Waals surface area contributed by atoms with E-state index in [4.69, 9.17) is 4.98 Å². The highest BCUT2D eigenvalue weighted by Crippen LogP contribution is 2.41. The van der Waals surface area contributed by atoms with Crippen molar-refractivity contribution in [3.8, 4) is 17.3 Å². The Morgan fingerprint density at radius 1 is 1.18 bits per heavy atom. The van der Waals surface area contributed by atoms with Gasteiger partial charge in [0, 0.05) is 18.7 Å². The number of nitriles is 1. The molecule has 0 N–H and O–H groups in total. The van der Waals surface area contributed by atoms with Crippen LogP contribution in [0.15, 0.2) is 47.1 Å². The third-order valence-electron chi connectivity index (χ3n) is 4.10. The van der Waals surface area contributed by atoms with Gasteiger partial charge in [-0.25, -0.2) is 4.98 Å². The minimum absolute atomic E-state index is 0.413. The first-order valence-corrected chi connectivity index (χ1v) is 10.5. The lowest BCUT2D eigenvalue weighted by Crippen LogP contribution is -2.21. The molecule has 0 saturated carbocycles. The molecule has 0 spiro atoms. The summed E-state index contributed by atoms with van der Waals surface area (Å²) in [7, 11) is 0. The van der Waals surface area contributed by atoms with Crippen molar-refractivity contribution in [1.82, 2.24) is 9.36 Å². The molecule has 0 aliphatic carbocycles. The third kappa shape index (κ3) is 4.01. The third-order valence-corrected chi connectivity index (χ3v) is 5.83. The average Bonchev–Trinajstić information content (AvgIpc) is 3.32. The summed E-state index contributed by atoms with van der Waals surface area (Å²) in [6, 6.07) is 12.1. The molecule has 0 amide bonds. The van der Waals surface area contributed by atoms with Crippen molar-refractivity contribution in [2.75, 3.05) is 18.0 Å². The van der Waals surface area contributed by atoms with Crippen molar-refractivity contribution in [2.24, 2.45) is 10.2 Å². The maximum Gasteiger partial charge on any atom is 0.188 e. The lowest BCUT2D eigenvalue weighted by atomic mass is 10.1. The molecule has 2 aromatic heterocycles. The second kappa shape index (κ2) is 8.87. The topological polar surface area (TPSA) is 77.5 Å². The van der Waals surface area contributed by atoms with Crippen LogP contribution in [0.1, 0.15) is 32.0 Å². The number of benzene rings is 1. The maximum atomic E-state index is 9.47. The summed E-state index contributed by atoms with van der Waals surface area (Å²) in [6.45, 7) is 11.6. The number of azo groups is 1. The first-order chi connectivity index (χ1) is 13.6. The van der Waals surface area contributed by atoms with Gasteiger partial charge in [-0.2, -0.15) is 9.64 Å².